The van der Waals surface area contributed by atoms with Crippen molar-refractivity contribution in [2.45, 2.75) is 33.3 Å². The van der Waals surface area contributed by atoms with Gasteiger partial charge in [-0.3, -0.25) is 10.1 Å². The molecule has 33 heavy (non-hydrogen) atoms. The van der Waals surface area contributed by atoms with Gasteiger partial charge >= 0.3 is 6.09 Å². The average molecular weight is 446 g/mol. The Bertz CT molecular complexity index is 1160. The summed E-state index contributed by atoms with van der Waals surface area (Å²) in [5.41, 5.74) is 5.17. The van der Waals surface area contributed by atoms with E-state index < -0.39 is 12.2 Å². The van der Waals surface area contributed by atoms with E-state index in [1.165, 1.54) is 0 Å². The fourth-order valence-electron chi connectivity index (χ4n) is 3.84. The SMILES string of the molecule is Cc1cccc(N2CC(OC(=O)Nc3ccc(N(C)c4nc(C)cc(C)n4)cc3)CC2=O)c1. The van der Waals surface area contributed by atoms with Crippen LogP contribution in [-0.2, 0) is 9.53 Å². The number of nitrogens with one attached hydrogen (secondary N) is 1. The van der Waals surface area contributed by atoms with Crippen molar-refractivity contribution in [1.82, 2.24) is 9.97 Å². The molecule has 1 N–H and O–H groups in total. The number of carbonyl (C=O) groups is 2. The van der Waals surface area contributed by atoms with Gasteiger partial charge in [-0.05, 0) is 68.8 Å². The summed E-state index contributed by atoms with van der Waals surface area (Å²) in [6.45, 7) is 6.18. The van der Waals surface area contributed by atoms with E-state index in [0.29, 0.717) is 18.2 Å². The minimum atomic E-state index is -0.586. The maximum atomic E-state index is 12.4. The lowest BCUT2D eigenvalue weighted by Crippen LogP contribution is -2.28. The van der Waals surface area contributed by atoms with E-state index in [2.05, 4.69) is 15.3 Å². The minimum Gasteiger partial charge on any atom is -0.444 e. The van der Waals surface area contributed by atoms with Gasteiger partial charge in [0.05, 0.1) is 13.0 Å². The summed E-state index contributed by atoms with van der Waals surface area (Å²) in [6, 6.07) is 17.0. The lowest BCUT2D eigenvalue weighted by Gasteiger charge is -2.19. The molecule has 1 atom stereocenters. The van der Waals surface area contributed by atoms with Crippen LogP contribution in [0.15, 0.2) is 54.6 Å². The Labute approximate surface area is 193 Å². The molecule has 0 bridgehead atoms. The van der Waals surface area contributed by atoms with Gasteiger partial charge in [0.15, 0.2) is 0 Å². The van der Waals surface area contributed by atoms with Crippen molar-refractivity contribution in [3.05, 3.63) is 71.5 Å². The van der Waals surface area contributed by atoms with E-state index >= 15 is 0 Å². The van der Waals surface area contributed by atoms with Crippen LogP contribution >= 0.6 is 0 Å². The number of aryl methyl sites for hydroxylation is 3. The van der Waals surface area contributed by atoms with Crippen LogP contribution < -0.4 is 15.1 Å². The number of nitrogens with zero attached hydrogens (tertiary/aromatic N) is 4. The number of benzene rings is 2. The third kappa shape index (κ3) is 5.28. The number of amides is 2. The second-order valence-electron chi connectivity index (χ2n) is 8.26. The predicted octanol–water partition coefficient (Wildman–Crippen LogP) is 4.52. The molecule has 4 rings (SSSR count). The van der Waals surface area contributed by atoms with Crippen LogP contribution in [0.2, 0.25) is 0 Å². The Morgan fingerprint density at radius 2 is 1.76 bits per heavy atom. The zero-order valence-corrected chi connectivity index (χ0v) is 19.2. The zero-order chi connectivity index (χ0) is 23.5. The highest BCUT2D eigenvalue weighted by Crippen LogP contribution is 2.25. The molecular weight excluding hydrogens is 418 g/mol. The smallest absolute Gasteiger partial charge is 0.411 e. The van der Waals surface area contributed by atoms with Crippen LogP contribution in [0.4, 0.5) is 27.8 Å². The first-order chi connectivity index (χ1) is 15.8. The first-order valence-electron chi connectivity index (χ1n) is 10.8. The molecule has 2 aromatic carbocycles. The van der Waals surface area contributed by atoms with Crippen molar-refractivity contribution in [3.8, 4) is 0 Å². The van der Waals surface area contributed by atoms with E-state index in [0.717, 1.165) is 28.3 Å². The van der Waals surface area contributed by atoms with Crippen LogP contribution in [0, 0.1) is 20.8 Å². The van der Waals surface area contributed by atoms with Crippen molar-refractivity contribution in [1.29, 1.82) is 0 Å². The summed E-state index contributed by atoms with van der Waals surface area (Å²) in [5, 5.41) is 2.73. The van der Waals surface area contributed by atoms with Crippen LogP contribution in [0.3, 0.4) is 0 Å². The number of aromatic nitrogens is 2. The zero-order valence-electron chi connectivity index (χ0n) is 19.2. The maximum Gasteiger partial charge on any atom is 0.411 e. The fraction of sp³-hybridized carbons (Fsp3) is 0.280. The quantitative estimate of drug-likeness (QED) is 0.621. The highest BCUT2D eigenvalue weighted by atomic mass is 16.6. The van der Waals surface area contributed by atoms with Crippen molar-refractivity contribution >= 4 is 35.0 Å². The summed E-state index contributed by atoms with van der Waals surface area (Å²) in [4.78, 5) is 37.3. The molecular formula is C25H27N5O3. The highest BCUT2D eigenvalue weighted by Gasteiger charge is 2.33. The van der Waals surface area contributed by atoms with E-state index in [1.807, 2.05) is 75.2 Å². The molecule has 1 saturated heterocycles. The average Bonchev–Trinajstić information content (AvgIpc) is 3.13. The highest BCUT2D eigenvalue weighted by molar-refractivity contribution is 5.96. The Kier molecular flexibility index (Phi) is 6.26. The van der Waals surface area contributed by atoms with E-state index in [4.69, 9.17) is 4.74 Å². The lowest BCUT2D eigenvalue weighted by atomic mass is 10.2. The maximum absolute atomic E-state index is 12.4. The molecule has 2 heterocycles. The first kappa shape index (κ1) is 22.3. The summed E-state index contributed by atoms with van der Waals surface area (Å²) in [7, 11) is 1.89. The van der Waals surface area contributed by atoms with Crippen molar-refractivity contribution < 1.29 is 14.3 Å². The molecule has 1 aliphatic heterocycles. The van der Waals surface area contributed by atoms with Gasteiger partial charge in [-0.1, -0.05) is 12.1 Å². The molecule has 1 unspecified atom stereocenters. The lowest BCUT2D eigenvalue weighted by molar-refractivity contribution is -0.117. The molecule has 0 radical (unpaired) electrons. The van der Waals surface area contributed by atoms with Crippen molar-refractivity contribution in [2.24, 2.45) is 0 Å². The Morgan fingerprint density at radius 1 is 1.06 bits per heavy atom. The number of anilines is 4. The van der Waals surface area contributed by atoms with E-state index in [-0.39, 0.29) is 12.3 Å². The molecule has 3 aromatic rings. The van der Waals surface area contributed by atoms with Crippen LogP contribution in [0.25, 0.3) is 0 Å². The molecule has 170 valence electrons. The van der Waals surface area contributed by atoms with Crippen LogP contribution in [0.5, 0.6) is 0 Å². The number of hydrogen-bond donors (Lipinski definition) is 1. The number of rotatable bonds is 5. The Hall–Kier alpha value is -3.94. The first-order valence-corrected chi connectivity index (χ1v) is 10.8. The monoisotopic (exact) mass is 445 g/mol. The normalized spacial score (nSPS) is 15.5. The van der Waals surface area contributed by atoms with Gasteiger partial charge in [0, 0.05) is 35.5 Å². The summed E-state index contributed by atoms with van der Waals surface area (Å²) in [6.07, 6.45) is -0.913. The summed E-state index contributed by atoms with van der Waals surface area (Å²) in [5.74, 6) is 0.552. The largest absolute Gasteiger partial charge is 0.444 e. The topological polar surface area (TPSA) is 87.7 Å². The summed E-state index contributed by atoms with van der Waals surface area (Å²) >= 11 is 0. The number of hydrogen-bond acceptors (Lipinski definition) is 6. The van der Waals surface area contributed by atoms with Crippen molar-refractivity contribution in [2.75, 3.05) is 28.7 Å². The van der Waals surface area contributed by atoms with Gasteiger partial charge in [0.25, 0.3) is 0 Å². The third-order valence-corrected chi connectivity index (χ3v) is 5.45. The molecule has 0 saturated carbocycles. The standard InChI is InChI=1S/C25H27N5O3/c1-16-6-5-7-21(12-16)30-15-22(14-23(30)31)33-25(32)28-19-8-10-20(11-9-19)29(4)24-26-17(2)13-18(3)27-24/h5-13,22H,14-15H2,1-4H3,(H,28,32). The van der Waals surface area contributed by atoms with Gasteiger partial charge in [-0.25, -0.2) is 14.8 Å². The molecule has 8 nitrogen and oxygen atoms in total. The van der Waals surface area contributed by atoms with Crippen LogP contribution in [0.1, 0.15) is 23.4 Å². The number of carbonyl (C=O) groups excluding carboxylic acids is 2. The molecule has 0 aliphatic carbocycles. The second kappa shape index (κ2) is 9.28. The summed E-state index contributed by atoms with van der Waals surface area (Å²) < 4.78 is 5.50. The molecule has 1 aliphatic rings. The molecule has 1 aromatic heterocycles. The van der Waals surface area contributed by atoms with Crippen molar-refractivity contribution in [3.63, 3.8) is 0 Å². The molecule has 8 heteroatoms. The fourth-order valence-corrected chi connectivity index (χ4v) is 3.84. The predicted molar refractivity (Wildman–Crippen MR) is 128 cm³/mol. The van der Waals surface area contributed by atoms with Gasteiger partial charge in [0.2, 0.25) is 11.9 Å². The van der Waals surface area contributed by atoms with Gasteiger partial charge in [-0.2, -0.15) is 0 Å². The number of ether oxygens (including phenoxy) is 1. The molecule has 2 amide bonds. The molecule has 0 spiro atoms. The van der Waals surface area contributed by atoms with E-state index in [1.54, 1.807) is 17.0 Å². The van der Waals surface area contributed by atoms with Crippen LogP contribution in [-0.4, -0.2) is 41.7 Å². The Morgan fingerprint density at radius 3 is 2.42 bits per heavy atom. The van der Waals surface area contributed by atoms with E-state index in [9.17, 15) is 9.59 Å². The Balaban J connectivity index is 1.35. The van der Waals surface area contributed by atoms with Gasteiger partial charge in [-0.15, -0.1) is 0 Å². The van der Waals surface area contributed by atoms with Gasteiger partial charge < -0.3 is 14.5 Å². The minimum absolute atomic E-state index is 0.0561. The third-order valence-electron chi connectivity index (χ3n) is 5.45. The van der Waals surface area contributed by atoms with Gasteiger partial charge in [0.1, 0.15) is 6.10 Å². The molecule has 1 fully saturated rings. The second-order valence-corrected chi connectivity index (χ2v) is 8.26.